The van der Waals surface area contributed by atoms with Crippen LogP contribution in [-0.4, -0.2) is 79.6 Å². The van der Waals surface area contributed by atoms with E-state index in [-0.39, 0.29) is 56.7 Å². The lowest BCUT2D eigenvalue weighted by Crippen LogP contribution is -2.76. The number of aromatic hydroxyl groups is 1. The maximum absolute atomic E-state index is 14.9. The Balaban J connectivity index is 1.35. The van der Waals surface area contributed by atoms with Crippen molar-refractivity contribution in [3.05, 3.63) is 132 Å². The molecule has 0 saturated carbocycles. The number of phenols is 1. The number of fused-ring (bicyclic) bond motifs is 1. The number of hydrogen-bond acceptors (Lipinski definition) is 6. The molecule has 4 amide bonds. The van der Waals surface area contributed by atoms with Gasteiger partial charge in [-0.3, -0.25) is 14.6 Å². The van der Waals surface area contributed by atoms with E-state index in [1.54, 1.807) is 64.8 Å². The Kier molecular flexibility index (Phi) is 9.25. The zero-order valence-electron chi connectivity index (χ0n) is 25.7. The number of urea groups is 1. The third-order valence-electron chi connectivity index (χ3n) is 8.41. The number of rotatable bonds is 9. The standard InChI is InChI=1S/C36H35FN6O4/c1-2-17-41-24-34(45)42-32(19-25-10-13-29(44)14-11-25)35(46)40(22-27-12-15-31(37)30(18-27)28-9-6-16-38-21-28)23-33(42)43(41)36(47)39-20-26-7-4-3-5-8-26/h2-16,18,21,32-33,44H,1,17,19-20,22-24H2,(H,39,47)/t32-,33-/m0/s1. The second-order valence-electron chi connectivity index (χ2n) is 11.6. The predicted molar refractivity (Wildman–Crippen MR) is 174 cm³/mol. The fraction of sp³-hybridized carbons (Fsp3) is 0.222. The molecular weight excluding hydrogens is 599 g/mol. The highest BCUT2D eigenvalue weighted by atomic mass is 19.1. The second-order valence-corrected chi connectivity index (χ2v) is 11.6. The lowest BCUT2D eigenvalue weighted by Gasteiger charge is -2.55. The van der Waals surface area contributed by atoms with Gasteiger partial charge in [0.1, 0.15) is 23.8 Å². The summed E-state index contributed by atoms with van der Waals surface area (Å²) in [5.41, 5.74) is 3.29. The molecule has 4 aromatic rings. The van der Waals surface area contributed by atoms with Crippen LogP contribution in [0.2, 0.25) is 0 Å². The largest absolute Gasteiger partial charge is 0.508 e. The van der Waals surface area contributed by atoms with E-state index in [0.717, 1.165) is 11.1 Å². The molecule has 0 bridgehead atoms. The van der Waals surface area contributed by atoms with Crippen LogP contribution in [0.4, 0.5) is 9.18 Å². The van der Waals surface area contributed by atoms with Crippen LogP contribution in [0.5, 0.6) is 5.75 Å². The first-order valence-electron chi connectivity index (χ1n) is 15.4. The van der Waals surface area contributed by atoms with Gasteiger partial charge in [-0.1, -0.05) is 60.7 Å². The zero-order valence-corrected chi connectivity index (χ0v) is 25.7. The number of phenolic OH excluding ortho intramolecular Hbond substituents is 1. The number of nitrogens with zero attached hydrogens (tertiary/aromatic N) is 5. The van der Waals surface area contributed by atoms with Crippen molar-refractivity contribution in [3.63, 3.8) is 0 Å². The smallest absolute Gasteiger partial charge is 0.334 e. The van der Waals surface area contributed by atoms with Gasteiger partial charge >= 0.3 is 6.03 Å². The number of piperazine rings is 1. The highest BCUT2D eigenvalue weighted by Gasteiger charge is 2.51. The minimum Gasteiger partial charge on any atom is -0.508 e. The fourth-order valence-electron chi connectivity index (χ4n) is 6.19. The number of aromatic nitrogens is 1. The Labute approximate surface area is 272 Å². The molecule has 240 valence electrons. The van der Waals surface area contributed by atoms with Gasteiger partial charge in [0.2, 0.25) is 11.8 Å². The summed E-state index contributed by atoms with van der Waals surface area (Å²) >= 11 is 0. The summed E-state index contributed by atoms with van der Waals surface area (Å²) in [4.78, 5) is 49.2. The van der Waals surface area contributed by atoms with Crippen molar-refractivity contribution in [3.8, 4) is 16.9 Å². The Morgan fingerprint density at radius 3 is 2.49 bits per heavy atom. The molecule has 0 radical (unpaired) electrons. The lowest BCUT2D eigenvalue weighted by atomic mass is 9.97. The summed E-state index contributed by atoms with van der Waals surface area (Å²) < 4.78 is 14.9. The molecule has 11 heteroatoms. The first-order valence-corrected chi connectivity index (χ1v) is 15.4. The molecule has 47 heavy (non-hydrogen) atoms. The topological polar surface area (TPSA) is 109 Å². The van der Waals surface area contributed by atoms with Gasteiger partial charge in [0.25, 0.3) is 0 Å². The number of benzene rings is 3. The van der Waals surface area contributed by atoms with Gasteiger partial charge in [0.05, 0.1) is 13.1 Å². The Morgan fingerprint density at radius 1 is 1.00 bits per heavy atom. The van der Waals surface area contributed by atoms with Crippen molar-refractivity contribution in [1.29, 1.82) is 0 Å². The van der Waals surface area contributed by atoms with E-state index in [1.807, 2.05) is 30.3 Å². The van der Waals surface area contributed by atoms with Crippen molar-refractivity contribution in [2.75, 3.05) is 19.6 Å². The molecule has 10 nitrogen and oxygen atoms in total. The SMILES string of the molecule is C=CCN1CC(=O)N2[C@@H](Cc3ccc(O)cc3)C(=O)N(Cc3ccc(F)c(-c4cccnc4)c3)C[C@@H]2N1C(=O)NCc1ccccc1. The number of amides is 4. The third kappa shape index (κ3) is 6.85. The number of carbonyl (C=O) groups is 3. The van der Waals surface area contributed by atoms with Gasteiger partial charge in [-0.05, 0) is 47.0 Å². The molecule has 3 aromatic carbocycles. The maximum atomic E-state index is 14.9. The summed E-state index contributed by atoms with van der Waals surface area (Å²) in [6.45, 7) is 4.37. The lowest BCUT2D eigenvalue weighted by molar-refractivity contribution is -0.189. The van der Waals surface area contributed by atoms with E-state index >= 15 is 0 Å². The molecule has 6 rings (SSSR count). The summed E-state index contributed by atoms with van der Waals surface area (Å²) in [6, 6.07) is 22.8. The molecule has 2 N–H and O–H groups in total. The van der Waals surface area contributed by atoms with E-state index in [4.69, 9.17) is 0 Å². The van der Waals surface area contributed by atoms with E-state index in [2.05, 4.69) is 16.9 Å². The van der Waals surface area contributed by atoms with Crippen LogP contribution in [0, 0.1) is 5.82 Å². The van der Waals surface area contributed by atoms with E-state index in [0.29, 0.717) is 16.7 Å². The van der Waals surface area contributed by atoms with Crippen molar-refractivity contribution < 1.29 is 23.9 Å². The molecule has 0 aliphatic carbocycles. The highest BCUT2D eigenvalue weighted by molar-refractivity contribution is 5.91. The van der Waals surface area contributed by atoms with Gasteiger partial charge in [-0.15, -0.1) is 6.58 Å². The summed E-state index contributed by atoms with van der Waals surface area (Å²) in [7, 11) is 0. The molecule has 2 fully saturated rings. The number of nitrogens with one attached hydrogen (secondary N) is 1. The minimum atomic E-state index is -0.931. The first-order chi connectivity index (χ1) is 22.8. The monoisotopic (exact) mass is 634 g/mol. The summed E-state index contributed by atoms with van der Waals surface area (Å²) in [6.07, 6.45) is 4.15. The van der Waals surface area contributed by atoms with E-state index in [9.17, 15) is 23.9 Å². The van der Waals surface area contributed by atoms with Gasteiger partial charge in [-0.25, -0.2) is 19.2 Å². The minimum absolute atomic E-state index is 0.0304. The van der Waals surface area contributed by atoms with Gasteiger partial charge in [-0.2, -0.15) is 0 Å². The third-order valence-corrected chi connectivity index (χ3v) is 8.41. The number of hydrogen-bond donors (Lipinski definition) is 2. The van der Waals surface area contributed by atoms with Crippen LogP contribution in [0.3, 0.4) is 0 Å². The van der Waals surface area contributed by atoms with Crippen molar-refractivity contribution in [1.82, 2.24) is 30.1 Å². The van der Waals surface area contributed by atoms with Crippen LogP contribution in [0.1, 0.15) is 16.7 Å². The normalized spacial score (nSPS) is 18.2. The summed E-state index contributed by atoms with van der Waals surface area (Å²) in [5.74, 6) is -0.917. The predicted octanol–water partition coefficient (Wildman–Crippen LogP) is 4.33. The molecule has 0 spiro atoms. The molecule has 2 atom stereocenters. The van der Waals surface area contributed by atoms with Crippen LogP contribution < -0.4 is 5.32 Å². The molecule has 3 heterocycles. The molecule has 2 saturated heterocycles. The fourth-order valence-corrected chi connectivity index (χ4v) is 6.19. The number of hydrazine groups is 1. The van der Waals surface area contributed by atoms with Crippen LogP contribution in [0.15, 0.2) is 110 Å². The number of carbonyl (C=O) groups excluding carboxylic acids is 3. The Bertz CT molecular complexity index is 1750. The highest BCUT2D eigenvalue weighted by Crippen LogP contribution is 2.31. The van der Waals surface area contributed by atoms with Gasteiger partial charge in [0.15, 0.2) is 0 Å². The van der Waals surface area contributed by atoms with Crippen LogP contribution in [-0.2, 0) is 29.1 Å². The Hall–Kier alpha value is -5.55. The Morgan fingerprint density at radius 2 is 1.77 bits per heavy atom. The number of pyridine rings is 1. The average molecular weight is 635 g/mol. The first kappa shape index (κ1) is 31.4. The van der Waals surface area contributed by atoms with Crippen LogP contribution >= 0.6 is 0 Å². The van der Waals surface area contributed by atoms with Gasteiger partial charge in [0, 0.05) is 49.6 Å². The average Bonchev–Trinajstić information content (AvgIpc) is 3.08. The van der Waals surface area contributed by atoms with Crippen molar-refractivity contribution in [2.45, 2.75) is 31.7 Å². The van der Waals surface area contributed by atoms with Crippen molar-refractivity contribution in [2.24, 2.45) is 0 Å². The van der Waals surface area contributed by atoms with Crippen molar-refractivity contribution >= 4 is 17.8 Å². The summed E-state index contributed by atoms with van der Waals surface area (Å²) in [5, 5.41) is 16.0. The van der Waals surface area contributed by atoms with E-state index in [1.165, 1.54) is 28.1 Å². The molecule has 2 aliphatic rings. The number of halogens is 1. The molecular formula is C36H35FN6O4. The van der Waals surface area contributed by atoms with E-state index < -0.39 is 24.1 Å². The van der Waals surface area contributed by atoms with Gasteiger partial charge < -0.3 is 20.2 Å². The molecule has 0 unspecified atom stereocenters. The zero-order chi connectivity index (χ0) is 32.9. The molecule has 1 aromatic heterocycles. The molecule has 2 aliphatic heterocycles. The van der Waals surface area contributed by atoms with Crippen LogP contribution in [0.25, 0.3) is 11.1 Å². The maximum Gasteiger partial charge on any atom is 0.334 e. The second kappa shape index (κ2) is 13.8. The quantitative estimate of drug-likeness (QED) is 0.266.